The molecule has 0 spiro atoms. The van der Waals surface area contributed by atoms with E-state index < -0.39 is 0 Å². The average Bonchev–Trinajstić information content (AvgIpc) is 2.32. The van der Waals surface area contributed by atoms with Crippen LogP contribution in [-0.4, -0.2) is 23.7 Å². The highest BCUT2D eigenvalue weighted by Gasteiger charge is 2.16. The topological polar surface area (TPSA) is 51.4 Å². The van der Waals surface area contributed by atoms with Gasteiger partial charge in [0.15, 0.2) is 0 Å². The molecule has 2 N–H and O–H groups in total. The highest BCUT2D eigenvalue weighted by molar-refractivity contribution is 5.54. The van der Waals surface area contributed by atoms with E-state index in [0.29, 0.717) is 11.6 Å². The second-order valence-corrected chi connectivity index (χ2v) is 5.71. The normalized spacial score (nSPS) is 11.4. The van der Waals surface area contributed by atoms with Gasteiger partial charge >= 0.3 is 0 Å². The van der Waals surface area contributed by atoms with E-state index in [4.69, 9.17) is 10.5 Å². The Morgan fingerprint density at radius 1 is 1.26 bits per heavy atom. The molecule has 0 radical (unpaired) electrons. The van der Waals surface area contributed by atoms with Crippen LogP contribution in [0.1, 0.15) is 47.5 Å². The maximum absolute atomic E-state index is 5.93. The Bertz CT molecular complexity index is 399. The van der Waals surface area contributed by atoms with Crippen molar-refractivity contribution in [1.82, 2.24) is 4.98 Å². The molecule has 1 heterocycles. The fraction of sp³-hybridized carbons (Fsp3) is 0.667. The number of hydrogen-bond acceptors (Lipinski definition) is 4. The monoisotopic (exact) mass is 265 g/mol. The van der Waals surface area contributed by atoms with Crippen molar-refractivity contribution in [2.45, 2.75) is 53.1 Å². The molecule has 19 heavy (non-hydrogen) atoms. The number of ether oxygens (including phenoxy) is 1. The van der Waals surface area contributed by atoms with Gasteiger partial charge in [0.1, 0.15) is 11.4 Å². The molecule has 0 unspecified atom stereocenters. The first-order chi connectivity index (χ1) is 8.87. The van der Waals surface area contributed by atoms with Gasteiger partial charge in [0.2, 0.25) is 5.88 Å². The lowest BCUT2D eigenvalue weighted by molar-refractivity contribution is 0.125. The van der Waals surface area contributed by atoms with Crippen LogP contribution in [0.5, 0.6) is 5.88 Å². The van der Waals surface area contributed by atoms with E-state index in [0.717, 1.165) is 25.3 Å². The molecule has 0 aliphatic heterocycles. The molecule has 0 atom stereocenters. The van der Waals surface area contributed by atoms with Crippen LogP contribution in [-0.2, 0) is 0 Å². The number of anilines is 2. The van der Waals surface area contributed by atoms with Crippen LogP contribution in [0.2, 0.25) is 0 Å². The van der Waals surface area contributed by atoms with E-state index in [1.54, 1.807) is 0 Å². The number of unbranched alkanes of at least 4 members (excludes halogenated alkanes) is 1. The third-order valence-corrected chi connectivity index (χ3v) is 2.77. The third-order valence-electron chi connectivity index (χ3n) is 2.77. The molecule has 1 aromatic heterocycles. The quantitative estimate of drug-likeness (QED) is 0.855. The predicted octanol–water partition coefficient (Wildman–Crippen LogP) is 3.47. The maximum atomic E-state index is 5.93. The molecule has 4 heteroatoms. The summed E-state index contributed by atoms with van der Waals surface area (Å²) in [6.07, 6.45) is 2.34. The SMILES string of the molecule is CCCCN(CC)c1ccc(N)c(OC(C)(C)C)n1. The van der Waals surface area contributed by atoms with Gasteiger partial charge in [-0.3, -0.25) is 0 Å². The number of hydrogen-bond donors (Lipinski definition) is 1. The summed E-state index contributed by atoms with van der Waals surface area (Å²) in [6, 6.07) is 3.84. The van der Waals surface area contributed by atoms with Gasteiger partial charge in [-0.15, -0.1) is 0 Å². The molecule has 4 nitrogen and oxygen atoms in total. The van der Waals surface area contributed by atoms with E-state index in [-0.39, 0.29) is 5.60 Å². The molecule has 0 saturated heterocycles. The molecule has 0 bridgehead atoms. The van der Waals surface area contributed by atoms with Gasteiger partial charge in [-0.05, 0) is 46.2 Å². The standard InChI is InChI=1S/C15H27N3O/c1-6-8-11-18(7-2)13-10-9-12(16)14(17-13)19-15(3,4)5/h9-10H,6-8,11,16H2,1-5H3. The molecular weight excluding hydrogens is 238 g/mol. The minimum atomic E-state index is -0.291. The molecule has 0 aromatic carbocycles. The van der Waals surface area contributed by atoms with E-state index in [2.05, 4.69) is 23.7 Å². The van der Waals surface area contributed by atoms with Crippen molar-refractivity contribution in [2.75, 3.05) is 23.7 Å². The lowest BCUT2D eigenvalue weighted by atomic mass is 10.2. The second kappa shape index (κ2) is 6.64. The summed E-state index contributed by atoms with van der Waals surface area (Å²) in [5.74, 6) is 1.46. The minimum absolute atomic E-state index is 0.291. The number of nitrogen functional groups attached to an aromatic ring is 1. The molecule has 1 rings (SSSR count). The zero-order valence-electron chi connectivity index (χ0n) is 12.9. The largest absolute Gasteiger partial charge is 0.470 e. The lowest BCUT2D eigenvalue weighted by Gasteiger charge is -2.25. The molecule has 0 aliphatic carbocycles. The van der Waals surface area contributed by atoms with Gasteiger partial charge < -0.3 is 15.4 Å². The summed E-state index contributed by atoms with van der Waals surface area (Å²) in [7, 11) is 0. The third kappa shape index (κ3) is 4.97. The van der Waals surface area contributed by atoms with Gasteiger partial charge in [0.25, 0.3) is 0 Å². The first-order valence-corrected chi connectivity index (χ1v) is 7.08. The highest BCUT2D eigenvalue weighted by atomic mass is 16.5. The summed E-state index contributed by atoms with van der Waals surface area (Å²) in [6.45, 7) is 12.3. The van der Waals surface area contributed by atoms with E-state index in [1.165, 1.54) is 6.42 Å². The zero-order valence-corrected chi connectivity index (χ0v) is 12.9. The fourth-order valence-corrected chi connectivity index (χ4v) is 1.77. The summed E-state index contributed by atoms with van der Waals surface area (Å²) >= 11 is 0. The van der Waals surface area contributed by atoms with E-state index >= 15 is 0 Å². The molecule has 108 valence electrons. The number of nitrogens with two attached hydrogens (primary N) is 1. The molecule has 1 aromatic rings. The van der Waals surface area contributed by atoms with Crippen molar-refractivity contribution in [1.29, 1.82) is 0 Å². The first-order valence-electron chi connectivity index (χ1n) is 7.08. The Morgan fingerprint density at radius 2 is 1.95 bits per heavy atom. The van der Waals surface area contributed by atoms with Gasteiger partial charge in [0, 0.05) is 13.1 Å². The maximum Gasteiger partial charge on any atom is 0.239 e. The minimum Gasteiger partial charge on any atom is -0.470 e. The van der Waals surface area contributed by atoms with Crippen LogP contribution in [0.4, 0.5) is 11.5 Å². The fourth-order valence-electron chi connectivity index (χ4n) is 1.77. The Morgan fingerprint density at radius 3 is 2.47 bits per heavy atom. The molecule has 0 aliphatic rings. The second-order valence-electron chi connectivity index (χ2n) is 5.71. The van der Waals surface area contributed by atoms with Gasteiger partial charge in [-0.1, -0.05) is 13.3 Å². The van der Waals surface area contributed by atoms with Crippen LogP contribution in [0.25, 0.3) is 0 Å². The van der Waals surface area contributed by atoms with Crippen LogP contribution >= 0.6 is 0 Å². The summed E-state index contributed by atoms with van der Waals surface area (Å²) in [5.41, 5.74) is 6.23. The number of rotatable bonds is 6. The number of nitrogens with zero attached hydrogens (tertiary/aromatic N) is 2. The Labute approximate surface area is 117 Å². The lowest BCUT2D eigenvalue weighted by Crippen LogP contribution is -2.27. The van der Waals surface area contributed by atoms with Crippen molar-refractivity contribution in [3.8, 4) is 5.88 Å². The Hall–Kier alpha value is -1.45. The molecule has 0 fully saturated rings. The summed E-state index contributed by atoms with van der Waals surface area (Å²) in [4.78, 5) is 6.81. The van der Waals surface area contributed by atoms with Crippen molar-refractivity contribution >= 4 is 11.5 Å². The molecular formula is C15H27N3O. The number of aromatic nitrogens is 1. The first kappa shape index (κ1) is 15.6. The van der Waals surface area contributed by atoms with Gasteiger partial charge in [-0.2, -0.15) is 4.98 Å². The summed E-state index contributed by atoms with van der Waals surface area (Å²) < 4.78 is 5.81. The summed E-state index contributed by atoms with van der Waals surface area (Å²) in [5, 5.41) is 0. The predicted molar refractivity (Wildman–Crippen MR) is 81.8 cm³/mol. The molecule has 0 saturated carbocycles. The van der Waals surface area contributed by atoms with Crippen LogP contribution in [0.15, 0.2) is 12.1 Å². The van der Waals surface area contributed by atoms with Crippen molar-refractivity contribution in [2.24, 2.45) is 0 Å². The van der Waals surface area contributed by atoms with Crippen molar-refractivity contribution in [3.05, 3.63) is 12.1 Å². The highest BCUT2D eigenvalue weighted by Crippen LogP contribution is 2.26. The van der Waals surface area contributed by atoms with Gasteiger partial charge in [-0.25, -0.2) is 0 Å². The van der Waals surface area contributed by atoms with Crippen molar-refractivity contribution in [3.63, 3.8) is 0 Å². The van der Waals surface area contributed by atoms with Crippen LogP contribution in [0, 0.1) is 0 Å². The van der Waals surface area contributed by atoms with Crippen LogP contribution in [0.3, 0.4) is 0 Å². The number of pyridine rings is 1. The van der Waals surface area contributed by atoms with E-state index in [1.807, 2.05) is 32.9 Å². The smallest absolute Gasteiger partial charge is 0.239 e. The average molecular weight is 265 g/mol. The van der Waals surface area contributed by atoms with Gasteiger partial charge in [0.05, 0.1) is 5.69 Å². The van der Waals surface area contributed by atoms with E-state index in [9.17, 15) is 0 Å². The van der Waals surface area contributed by atoms with Crippen molar-refractivity contribution < 1.29 is 4.74 Å². The molecule has 0 amide bonds. The zero-order chi connectivity index (χ0) is 14.5. The van der Waals surface area contributed by atoms with Crippen LogP contribution < -0.4 is 15.4 Å². The Kier molecular flexibility index (Phi) is 5.45. The Balaban J connectivity index is 2.93.